The number of phenols is 1. The van der Waals surface area contributed by atoms with E-state index in [0.29, 0.717) is 60.1 Å². The van der Waals surface area contributed by atoms with Crippen LogP contribution in [0.15, 0.2) is 107 Å². The lowest BCUT2D eigenvalue weighted by Gasteiger charge is -2.54. The summed E-state index contributed by atoms with van der Waals surface area (Å²) in [5.41, 5.74) is 10.4. The largest absolute Gasteiger partial charge is 0.508 e. The summed E-state index contributed by atoms with van der Waals surface area (Å²) in [7, 11) is 2.92. The highest BCUT2D eigenvalue weighted by molar-refractivity contribution is 6.23. The summed E-state index contributed by atoms with van der Waals surface area (Å²) >= 11 is 0. The van der Waals surface area contributed by atoms with Gasteiger partial charge in [0.05, 0.1) is 49.0 Å². The van der Waals surface area contributed by atoms with E-state index in [2.05, 4.69) is 46.1 Å². The van der Waals surface area contributed by atoms with Crippen LogP contribution in [0.1, 0.15) is 107 Å². The van der Waals surface area contributed by atoms with Crippen molar-refractivity contribution < 1.29 is 53.4 Å². The van der Waals surface area contributed by atoms with Crippen molar-refractivity contribution in [3.8, 4) is 11.5 Å². The lowest BCUT2D eigenvalue weighted by atomic mass is 9.51. The maximum Gasteiger partial charge on any atom is 0.405 e. The van der Waals surface area contributed by atoms with E-state index < -0.39 is 53.9 Å². The number of phenolic OH excluding ortho intramolecular Hbond substituents is 1. The van der Waals surface area contributed by atoms with Crippen molar-refractivity contribution in [2.45, 2.75) is 135 Å². The van der Waals surface area contributed by atoms with Crippen molar-refractivity contribution in [1.29, 1.82) is 0 Å². The number of hydrogen-bond acceptors (Lipinski definition) is 14. The molecule has 74 heavy (non-hydrogen) atoms. The summed E-state index contributed by atoms with van der Waals surface area (Å²) in [5.74, 6) is 0.00747. The van der Waals surface area contributed by atoms with Gasteiger partial charge in [-0.25, -0.2) is 9.48 Å². The van der Waals surface area contributed by atoms with E-state index in [1.807, 2.05) is 31.2 Å². The second-order valence-electron chi connectivity index (χ2n) is 21.3. The Labute approximate surface area is 432 Å². The van der Waals surface area contributed by atoms with Gasteiger partial charge in [0.25, 0.3) is 5.91 Å². The topological polar surface area (TPSA) is 247 Å². The monoisotopic (exact) mass is 1020 g/mol. The van der Waals surface area contributed by atoms with E-state index in [4.69, 9.17) is 24.7 Å². The van der Waals surface area contributed by atoms with E-state index in [-0.39, 0.29) is 58.9 Å². The number of aliphatic hydroxyl groups is 2. The molecule has 3 aromatic rings. The van der Waals surface area contributed by atoms with Gasteiger partial charge in [-0.15, -0.1) is 5.10 Å². The Morgan fingerprint density at radius 1 is 1.03 bits per heavy atom. The van der Waals surface area contributed by atoms with Crippen molar-refractivity contribution in [1.82, 2.24) is 25.6 Å². The van der Waals surface area contributed by atoms with Crippen LogP contribution in [-0.2, 0) is 48.1 Å². The average Bonchev–Trinajstić information content (AvgIpc) is 3.96. The second kappa shape index (κ2) is 23.0. The number of rotatable bonds is 11. The van der Waals surface area contributed by atoms with E-state index in [9.17, 15) is 34.5 Å². The minimum Gasteiger partial charge on any atom is -0.508 e. The quantitative estimate of drug-likeness (QED) is 0.0883. The number of aryl methyl sites for hydroxylation is 1. The number of ether oxygens (including phenoxy) is 4. The number of primary amides is 1. The van der Waals surface area contributed by atoms with Gasteiger partial charge in [-0.3, -0.25) is 14.4 Å². The molecule has 1 aliphatic heterocycles. The molecule has 0 spiro atoms. The van der Waals surface area contributed by atoms with Crippen molar-refractivity contribution in [2.24, 2.45) is 34.8 Å². The predicted octanol–water partition coefficient (Wildman–Crippen LogP) is 6.54. The molecule has 2 bridgehead atoms. The molecule has 0 radical (unpaired) electrons. The van der Waals surface area contributed by atoms with E-state index in [1.165, 1.54) is 37.0 Å². The van der Waals surface area contributed by atoms with Crippen LogP contribution in [0.4, 0.5) is 4.79 Å². The molecule has 2 heterocycles. The van der Waals surface area contributed by atoms with E-state index in [1.54, 1.807) is 49.9 Å². The molecule has 2 saturated carbocycles. The first-order chi connectivity index (χ1) is 35.4. The Bertz CT molecular complexity index is 2740. The SMILES string of the molecule is CO[C@@H]1/C=C\C=C(/C)C(=O)NC2=CC(=O)C(NCc3cn(CCOc4ccc([C@H]5C[C@@]6(C)C(CC[C@@H]6O)C6CCc7cc(O)ccc7C65)cc4)nn3)=C(C[C@H](C)C[C@@H](OC)[C@@H](O)[C@H](C)/C=C(\C)[C@H]1OC(N)=O)C2=O. The molecule has 396 valence electrons. The zero-order valence-electron chi connectivity index (χ0n) is 43.5. The van der Waals surface area contributed by atoms with Crippen molar-refractivity contribution in [2.75, 3.05) is 20.8 Å². The van der Waals surface area contributed by atoms with Crippen LogP contribution in [0.3, 0.4) is 0 Å². The van der Waals surface area contributed by atoms with E-state index >= 15 is 0 Å². The van der Waals surface area contributed by atoms with Crippen molar-refractivity contribution in [3.63, 3.8) is 0 Å². The summed E-state index contributed by atoms with van der Waals surface area (Å²) in [5, 5.41) is 47.5. The first kappa shape index (κ1) is 53.9. The smallest absolute Gasteiger partial charge is 0.405 e. The van der Waals surface area contributed by atoms with Gasteiger partial charge in [-0.1, -0.05) is 68.5 Å². The summed E-state index contributed by atoms with van der Waals surface area (Å²) in [6, 6.07) is 14.2. The minimum atomic E-state index is -1.03. The molecule has 17 nitrogen and oxygen atoms in total. The number of allylic oxidation sites excluding steroid dienone is 4. The highest BCUT2D eigenvalue weighted by Gasteiger charge is 2.57. The number of aliphatic hydroxyl groups excluding tert-OH is 2. The lowest BCUT2D eigenvalue weighted by Crippen LogP contribution is -2.47. The molecule has 3 unspecified atom stereocenters. The Morgan fingerprint density at radius 3 is 2.53 bits per heavy atom. The minimum absolute atomic E-state index is 0.0648. The fourth-order valence-corrected chi connectivity index (χ4v) is 12.5. The van der Waals surface area contributed by atoms with Gasteiger partial charge in [0.1, 0.15) is 29.9 Å². The molecule has 8 rings (SSSR count). The Hall–Kier alpha value is -6.40. The first-order valence-corrected chi connectivity index (χ1v) is 25.8. The van der Waals surface area contributed by atoms with Crippen LogP contribution < -0.4 is 21.1 Å². The number of benzene rings is 2. The maximum absolute atomic E-state index is 14.3. The molecule has 2 amide bonds. The Kier molecular flexibility index (Phi) is 16.8. The molecule has 7 N–H and O–H groups in total. The number of amides is 2. The molecule has 17 heteroatoms. The van der Waals surface area contributed by atoms with Gasteiger partial charge in [0, 0.05) is 37.4 Å². The maximum atomic E-state index is 14.3. The van der Waals surface area contributed by atoms with Gasteiger partial charge in [0.2, 0.25) is 11.6 Å². The molecule has 2 aromatic carbocycles. The second-order valence-corrected chi connectivity index (χ2v) is 21.3. The van der Waals surface area contributed by atoms with Gasteiger partial charge in [0.15, 0.2) is 6.10 Å². The van der Waals surface area contributed by atoms with Gasteiger partial charge < -0.3 is 50.6 Å². The molecule has 0 saturated heterocycles. The molecule has 5 aliphatic rings. The number of nitrogens with zero attached hydrogens (tertiary/aromatic N) is 3. The van der Waals surface area contributed by atoms with Crippen LogP contribution >= 0.6 is 0 Å². The van der Waals surface area contributed by atoms with Crippen molar-refractivity contribution in [3.05, 3.63) is 130 Å². The van der Waals surface area contributed by atoms with Gasteiger partial charge >= 0.3 is 6.09 Å². The number of ketones is 2. The third-order valence-electron chi connectivity index (χ3n) is 16.4. The molecule has 12 atom stereocenters. The molecular formula is C57H72N6O11. The highest BCUT2D eigenvalue weighted by atomic mass is 16.6. The number of aromatic hydroxyl groups is 1. The number of aromatic nitrogens is 3. The van der Waals surface area contributed by atoms with Gasteiger partial charge in [-0.05, 0) is 140 Å². The number of carbonyl (C=O) groups is 4. The highest BCUT2D eigenvalue weighted by Crippen LogP contribution is 2.65. The summed E-state index contributed by atoms with van der Waals surface area (Å²) < 4.78 is 24.7. The molecular weight excluding hydrogens is 945 g/mol. The van der Waals surface area contributed by atoms with Crippen LogP contribution in [0.25, 0.3) is 0 Å². The van der Waals surface area contributed by atoms with Gasteiger partial charge in [-0.2, -0.15) is 0 Å². The standard InChI is InChI=1S/C57H72N6O11/c1-31-23-42-51(46(65)27-45(53(42)68)60-55(69)32(2)9-8-10-47(71-6)54(74-56(58)70)34(4)25-33(3)52(67)48(24-31)72-7)59-29-37-30-63(62-61-37)21-22-73-39-15-11-35(12-16-39)43-28-57(5)44(19-20-49(57)66)41-17-13-36-26-38(64)14-18-40(36)50(41)43/h8-12,14-16,18,25-27,30-31,33,41,43-44,47-50,52,54,59,64,66-67H,13,17,19-24,28-29H2,1-7H3,(H2,58,70)(H,60,69)/b10-8-,32-9+,34-25+/t31-,33+,41?,43+,44?,47+,48+,49-,50?,52-,54+,57-/m0/s1. The third kappa shape index (κ3) is 11.6. The molecule has 4 aliphatic carbocycles. The number of hydrogen-bond donors (Lipinski definition) is 6. The number of fused-ring (bicyclic) bond motifs is 7. The summed E-state index contributed by atoms with van der Waals surface area (Å²) in [4.78, 5) is 53.6. The number of Topliss-reactive ketones (excluding diaryl/α,β-unsaturated/α-hetero) is 1. The zero-order chi connectivity index (χ0) is 53.0. The third-order valence-corrected chi connectivity index (χ3v) is 16.4. The number of nitrogens with two attached hydrogens (primary N) is 1. The lowest BCUT2D eigenvalue weighted by molar-refractivity contribution is -0.120. The number of carbonyl (C=O) groups excluding carboxylic acids is 4. The van der Waals surface area contributed by atoms with Crippen LogP contribution in [0.5, 0.6) is 11.5 Å². The summed E-state index contributed by atoms with van der Waals surface area (Å²) in [6.07, 6.45) is 9.58. The fourth-order valence-electron chi connectivity index (χ4n) is 12.5. The fraction of sp³-hybridized carbons (Fsp3) is 0.509. The molecule has 2 fully saturated rings. The normalized spacial score (nSPS) is 32.6. The van der Waals surface area contributed by atoms with Crippen molar-refractivity contribution >= 4 is 23.6 Å². The summed E-state index contributed by atoms with van der Waals surface area (Å²) in [6.45, 7) is 10.0. The predicted molar refractivity (Wildman–Crippen MR) is 275 cm³/mol. The van der Waals surface area contributed by atoms with Crippen LogP contribution in [0, 0.1) is 29.1 Å². The zero-order valence-corrected chi connectivity index (χ0v) is 43.5. The molecule has 1 aromatic heterocycles. The first-order valence-electron chi connectivity index (χ1n) is 25.8. The number of nitrogens with one attached hydrogen (secondary N) is 2. The van der Waals surface area contributed by atoms with E-state index in [0.717, 1.165) is 38.2 Å². The Balaban J connectivity index is 0.941. The van der Waals surface area contributed by atoms with Crippen LogP contribution in [-0.4, -0.2) is 105 Å². The Morgan fingerprint density at radius 2 is 1.80 bits per heavy atom. The average molecular weight is 1020 g/mol. The number of methoxy groups -OCH3 is 2. The van der Waals surface area contributed by atoms with Crippen LogP contribution in [0.2, 0.25) is 0 Å².